The molecule has 0 aromatic heterocycles. The number of benzene rings is 1. The molecule has 1 aromatic rings. The Hall–Kier alpha value is -0.883. The zero-order chi connectivity index (χ0) is 13.2. The van der Waals surface area contributed by atoms with Crippen LogP contribution in [0.1, 0.15) is 25.8 Å². The van der Waals surface area contributed by atoms with Crippen LogP contribution in [-0.4, -0.2) is 16.1 Å². The van der Waals surface area contributed by atoms with Gasteiger partial charge in [0.15, 0.2) is 23.3 Å². The fourth-order valence-electron chi connectivity index (χ4n) is 1.34. The molecule has 1 rings (SSSR count). The molecule has 0 heterocycles. The molecule has 0 aliphatic rings. The van der Waals surface area contributed by atoms with E-state index in [0.29, 0.717) is 23.0 Å². The van der Waals surface area contributed by atoms with E-state index < -0.39 is 28.9 Å². The molecule has 17 heavy (non-hydrogen) atoms. The van der Waals surface area contributed by atoms with Crippen LogP contribution in [-0.2, 0) is 10.8 Å². The summed E-state index contributed by atoms with van der Waals surface area (Å²) in [6, 6.07) is 0.691. The highest BCUT2D eigenvalue weighted by molar-refractivity contribution is 5.98. The van der Waals surface area contributed by atoms with Crippen LogP contribution in [0, 0.1) is 23.3 Å². The molecule has 0 spiro atoms. The van der Waals surface area contributed by atoms with Gasteiger partial charge in [-0.25, -0.2) is 17.6 Å². The fourth-order valence-corrected chi connectivity index (χ4v) is 1.55. The molecule has 0 saturated carbocycles. The van der Waals surface area contributed by atoms with Gasteiger partial charge in [0, 0.05) is 5.60 Å². The maximum Gasteiger partial charge on any atom is 0.197 e. The maximum atomic E-state index is 13.3. The van der Waals surface area contributed by atoms with Gasteiger partial charge in [-0.1, -0.05) is 0 Å². The number of rotatable bonds is 4. The van der Waals surface area contributed by atoms with Crippen LogP contribution in [0.5, 0.6) is 0 Å². The van der Waals surface area contributed by atoms with E-state index in [1.807, 2.05) is 0 Å². The van der Waals surface area contributed by atoms with Crippen LogP contribution in [0.15, 0.2) is 6.07 Å². The highest BCUT2D eigenvalue weighted by Gasteiger charge is 2.21. The van der Waals surface area contributed by atoms with Gasteiger partial charge in [-0.15, -0.1) is 0 Å². The number of aryl methyl sites for hydroxylation is 1. The Kier molecular flexibility index (Phi) is 4.32. The minimum atomic E-state index is -1.77. The molecule has 0 radical (unpaired) electrons. The SMILES string of the molecule is CC(C)(CCc1cc(F)c(F)c(F)c1F)O[SiH3]. The van der Waals surface area contributed by atoms with E-state index in [1.165, 1.54) is 0 Å². The number of halogens is 4. The third-order valence-electron chi connectivity index (χ3n) is 2.73. The Morgan fingerprint density at radius 2 is 1.71 bits per heavy atom. The quantitative estimate of drug-likeness (QED) is 0.351. The van der Waals surface area contributed by atoms with Gasteiger partial charge < -0.3 is 4.43 Å². The number of hydrogen-bond acceptors (Lipinski definition) is 1. The lowest BCUT2D eigenvalue weighted by molar-refractivity contribution is 0.113. The molecule has 1 nitrogen and oxygen atoms in total. The molecule has 0 fully saturated rings. The zero-order valence-corrected chi connectivity index (χ0v) is 11.9. The van der Waals surface area contributed by atoms with Gasteiger partial charge >= 0.3 is 0 Å². The average molecular weight is 266 g/mol. The summed E-state index contributed by atoms with van der Waals surface area (Å²) in [6.07, 6.45) is 0.493. The fraction of sp³-hybridized carbons (Fsp3) is 0.455. The Balaban J connectivity index is 2.93. The molecule has 96 valence electrons. The minimum absolute atomic E-state index is 0.0925. The van der Waals surface area contributed by atoms with E-state index in [4.69, 9.17) is 4.43 Å². The summed E-state index contributed by atoms with van der Waals surface area (Å²) in [5.41, 5.74) is -0.645. The van der Waals surface area contributed by atoms with Crippen LogP contribution >= 0.6 is 0 Å². The molecule has 0 bridgehead atoms. The molecule has 0 amide bonds. The van der Waals surface area contributed by atoms with Crippen molar-refractivity contribution in [3.63, 3.8) is 0 Å². The van der Waals surface area contributed by atoms with Crippen molar-refractivity contribution in [2.75, 3.05) is 0 Å². The summed E-state index contributed by atoms with van der Waals surface area (Å²) in [5.74, 6) is -6.23. The molecule has 0 N–H and O–H groups in total. The van der Waals surface area contributed by atoms with Crippen LogP contribution < -0.4 is 0 Å². The zero-order valence-electron chi connectivity index (χ0n) is 9.91. The lowest BCUT2D eigenvalue weighted by Gasteiger charge is -2.23. The predicted octanol–water partition coefficient (Wildman–Crippen LogP) is 2.25. The first-order valence-electron chi connectivity index (χ1n) is 5.15. The monoisotopic (exact) mass is 266 g/mol. The predicted molar refractivity (Wildman–Crippen MR) is 59.7 cm³/mol. The second kappa shape index (κ2) is 5.18. The Morgan fingerprint density at radius 3 is 2.24 bits per heavy atom. The maximum absolute atomic E-state index is 13.3. The summed E-state index contributed by atoms with van der Waals surface area (Å²) < 4.78 is 57.1. The first-order chi connectivity index (χ1) is 7.78. The number of hydrogen-bond donors (Lipinski definition) is 0. The van der Waals surface area contributed by atoms with Crippen molar-refractivity contribution in [3.05, 3.63) is 34.9 Å². The first kappa shape index (κ1) is 14.2. The van der Waals surface area contributed by atoms with Crippen molar-refractivity contribution in [2.24, 2.45) is 0 Å². The third-order valence-corrected chi connectivity index (χ3v) is 3.83. The summed E-state index contributed by atoms with van der Waals surface area (Å²) >= 11 is 0. The first-order valence-corrected chi connectivity index (χ1v) is 5.97. The van der Waals surface area contributed by atoms with Crippen molar-refractivity contribution in [1.29, 1.82) is 0 Å². The molecule has 6 heteroatoms. The smallest absolute Gasteiger partial charge is 0.197 e. The van der Waals surface area contributed by atoms with Crippen molar-refractivity contribution in [2.45, 2.75) is 32.3 Å². The van der Waals surface area contributed by atoms with Crippen molar-refractivity contribution in [1.82, 2.24) is 0 Å². The van der Waals surface area contributed by atoms with Crippen LogP contribution in [0.2, 0.25) is 0 Å². The largest absolute Gasteiger partial charge is 0.423 e. The average Bonchev–Trinajstić information content (AvgIpc) is 2.29. The second-order valence-corrected chi connectivity index (χ2v) is 4.83. The molecule has 0 saturated heterocycles. The Morgan fingerprint density at radius 1 is 1.12 bits per heavy atom. The summed E-state index contributed by atoms with van der Waals surface area (Å²) in [6.45, 7) is 3.60. The van der Waals surface area contributed by atoms with E-state index in [-0.39, 0.29) is 12.0 Å². The highest BCUT2D eigenvalue weighted by Crippen LogP contribution is 2.22. The topological polar surface area (TPSA) is 9.23 Å². The Labute approximate surface area is 100 Å². The molecule has 0 atom stereocenters. The third kappa shape index (κ3) is 3.29. The van der Waals surface area contributed by atoms with Crippen LogP contribution in [0.3, 0.4) is 0 Å². The van der Waals surface area contributed by atoms with E-state index >= 15 is 0 Å². The van der Waals surface area contributed by atoms with E-state index in [9.17, 15) is 17.6 Å². The summed E-state index contributed by atoms with van der Waals surface area (Å²) in [5, 5.41) is 0. The lowest BCUT2D eigenvalue weighted by atomic mass is 9.98. The lowest BCUT2D eigenvalue weighted by Crippen LogP contribution is -2.24. The summed E-state index contributed by atoms with van der Waals surface area (Å²) in [4.78, 5) is 0. The normalized spacial score (nSPS) is 12.1. The van der Waals surface area contributed by atoms with Gasteiger partial charge in [0.25, 0.3) is 0 Å². The second-order valence-electron chi connectivity index (χ2n) is 4.42. The van der Waals surface area contributed by atoms with Gasteiger partial charge in [-0.05, 0) is 38.3 Å². The van der Waals surface area contributed by atoms with Crippen molar-refractivity contribution in [3.8, 4) is 0 Å². The highest BCUT2D eigenvalue weighted by atomic mass is 28.2. The van der Waals surface area contributed by atoms with Gasteiger partial charge in [-0.3, -0.25) is 0 Å². The van der Waals surface area contributed by atoms with Crippen molar-refractivity contribution >= 4 is 10.5 Å². The van der Waals surface area contributed by atoms with E-state index in [1.54, 1.807) is 13.8 Å². The molecular formula is C11H14F4OSi. The minimum Gasteiger partial charge on any atom is -0.423 e. The Bertz CT molecular complexity index is 420. The van der Waals surface area contributed by atoms with Gasteiger partial charge in [0.05, 0.1) is 0 Å². The molecule has 0 aliphatic carbocycles. The molecule has 0 aliphatic heterocycles. The van der Waals surface area contributed by atoms with E-state index in [2.05, 4.69) is 0 Å². The molecule has 1 aromatic carbocycles. The van der Waals surface area contributed by atoms with Crippen molar-refractivity contribution < 1.29 is 22.0 Å². The van der Waals surface area contributed by atoms with Gasteiger partial charge in [0.2, 0.25) is 0 Å². The van der Waals surface area contributed by atoms with Gasteiger partial charge in [0.1, 0.15) is 10.5 Å². The van der Waals surface area contributed by atoms with Gasteiger partial charge in [-0.2, -0.15) is 0 Å². The van der Waals surface area contributed by atoms with Crippen LogP contribution in [0.25, 0.3) is 0 Å². The molecule has 0 unspecified atom stereocenters. The van der Waals surface area contributed by atoms with E-state index in [0.717, 1.165) is 0 Å². The molecular weight excluding hydrogens is 252 g/mol. The van der Waals surface area contributed by atoms with Crippen LogP contribution in [0.4, 0.5) is 17.6 Å². The standard InChI is InChI=1S/C11H14F4OSi/c1-11(2,16-17)4-3-6-5-7(12)9(14)10(15)8(6)13/h5H,3-4H2,1-2,17H3. The summed E-state index contributed by atoms with van der Waals surface area (Å²) in [7, 11) is 0.515.